The first-order chi connectivity index (χ1) is 12.9. The minimum absolute atomic E-state index is 0.158. The summed E-state index contributed by atoms with van der Waals surface area (Å²) < 4.78 is 10.2. The standard InChI is InChI=1S/C17H16N4O5S/c1-9-4-5-15(27-9)11-7-16(20-19-11)18-17(22)10-6-13(25-2)14(26-3)8-12(10)21(23)24/h4-8H,1-3H3,(H2,18,19,20,22). The summed E-state index contributed by atoms with van der Waals surface area (Å²) in [7, 11) is 2.74. The van der Waals surface area contributed by atoms with E-state index in [1.807, 2.05) is 19.1 Å². The van der Waals surface area contributed by atoms with Gasteiger partial charge in [-0.15, -0.1) is 11.3 Å². The van der Waals surface area contributed by atoms with Crippen molar-refractivity contribution < 1.29 is 19.2 Å². The van der Waals surface area contributed by atoms with Crippen molar-refractivity contribution in [1.82, 2.24) is 10.2 Å². The summed E-state index contributed by atoms with van der Waals surface area (Å²) in [5, 5.41) is 20.8. The predicted octanol–water partition coefficient (Wildman–Crippen LogP) is 3.62. The Kier molecular flexibility index (Phi) is 5.08. The average molecular weight is 388 g/mol. The fourth-order valence-corrected chi connectivity index (χ4v) is 3.31. The molecule has 3 aromatic rings. The number of aromatic nitrogens is 2. The fraction of sp³-hybridized carbons (Fsp3) is 0.176. The first kappa shape index (κ1) is 18.4. The number of carbonyl (C=O) groups excluding carboxylic acids is 1. The number of rotatable bonds is 6. The summed E-state index contributed by atoms with van der Waals surface area (Å²) in [6.45, 7) is 1.99. The molecule has 1 aromatic carbocycles. The van der Waals surface area contributed by atoms with Crippen molar-refractivity contribution >= 4 is 28.7 Å². The summed E-state index contributed by atoms with van der Waals surface area (Å²) in [5.74, 6) is -0.0471. The normalized spacial score (nSPS) is 10.5. The molecule has 0 aliphatic carbocycles. The SMILES string of the molecule is COc1cc(C(=O)Nc2cc(-c3ccc(C)s3)[nH]n2)c([N+](=O)[O-])cc1OC. The Morgan fingerprint density at radius 3 is 2.52 bits per heavy atom. The van der Waals surface area contributed by atoms with Gasteiger partial charge in [-0.2, -0.15) is 5.10 Å². The maximum Gasteiger partial charge on any atom is 0.286 e. The highest BCUT2D eigenvalue weighted by Crippen LogP contribution is 2.35. The highest BCUT2D eigenvalue weighted by molar-refractivity contribution is 7.15. The Hall–Kier alpha value is -3.40. The van der Waals surface area contributed by atoms with Crippen molar-refractivity contribution in [2.75, 3.05) is 19.5 Å². The molecule has 0 spiro atoms. The third-order valence-electron chi connectivity index (χ3n) is 3.77. The molecule has 0 saturated carbocycles. The molecule has 2 N–H and O–H groups in total. The molecule has 10 heteroatoms. The van der Waals surface area contributed by atoms with E-state index in [0.29, 0.717) is 0 Å². The van der Waals surface area contributed by atoms with Crippen molar-refractivity contribution in [3.05, 3.63) is 50.9 Å². The van der Waals surface area contributed by atoms with Crippen LogP contribution < -0.4 is 14.8 Å². The van der Waals surface area contributed by atoms with Crippen LogP contribution in [0, 0.1) is 17.0 Å². The molecule has 0 atom stereocenters. The number of aryl methyl sites for hydroxylation is 1. The third-order valence-corrected chi connectivity index (χ3v) is 4.80. The van der Waals surface area contributed by atoms with Gasteiger partial charge in [-0.05, 0) is 19.1 Å². The van der Waals surface area contributed by atoms with E-state index in [1.165, 1.54) is 20.3 Å². The summed E-state index contributed by atoms with van der Waals surface area (Å²) in [6, 6.07) is 8.00. The van der Waals surface area contributed by atoms with Gasteiger partial charge >= 0.3 is 0 Å². The van der Waals surface area contributed by atoms with Crippen LogP contribution in [0.1, 0.15) is 15.2 Å². The smallest absolute Gasteiger partial charge is 0.286 e. The van der Waals surface area contributed by atoms with Crippen molar-refractivity contribution in [3.8, 4) is 22.1 Å². The Bertz CT molecular complexity index is 1010. The molecule has 0 bridgehead atoms. The van der Waals surface area contributed by atoms with Gasteiger partial charge in [0.1, 0.15) is 5.56 Å². The zero-order valence-electron chi connectivity index (χ0n) is 14.7. The molecule has 3 rings (SSSR count). The topological polar surface area (TPSA) is 119 Å². The largest absolute Gasteiger partial charge is 0.493 e. The van der Waals surface area contributed by atoms with E-state index < -0.39 is 16.5 Å². The van der Waals surface area contributed by atoms with Gasteiger partial charge in [-0.25, -0.2) is 0 Å². The lowest BCUT2D eigenvalue weighted by Crippen LogP contribution is -2.14. The lowest BCUT2D eigenvalue weighted by molar-refractivity contribution is -0.385. The minimum Gasteiger partial charge on any atom is -0.493 e. The van der Waals surface area contributed by atoms with Crippen LogP contribution in [-0.4, -0.2) is 35.2 Å². The van der Waals surface area contributed by atoms with Crippen molar-refractivity contribution in [1.29, 1.82) is 0 Å². The van der Waals surface area contributed by atoms with Crippen molar-refractivity contribution in [2.45, 2.75) is 6.92 Å². The number of amides is 1. The molecule has 0 saturated heterocycles. The molecule has 2 heterocycles. The number of nitrogens with zero attached hydrogens (tertiary/aromatic N) is 2. The minimum atomic E-state index is -0.678. The molecule has 27 heavy (non-hydrogen) atoms. The summed E-state index contributed by atoms with van der Waals surface area (Å²) in [5.41, 5.74) is 0.189. The second kappa shape index (κ2) is 7.46. The average Bonchev–Trinajstić information content (AvgIpc) is 3.29. The maximum atomic E-state index is 12.6. The number of carbonyl (C=O) groups is 1. The van der Waals surface area contributed by atoms with Gasteiger partial charge in [0.05, 0.1) is 35.8 Å². The Balaban J connectivity index is 1.90. The van der Waals surface area contributed by atoms with Crippen molar-refractivity contribution in [2.24, 2.45) is 0 Å². The highest BCUT2D eigenvalue weighted by atomic mass is 32.1. The number of nitro benzene ring substituents is 1. The number of anilines is 1. The zero-order valence-corrected chi connectivity index (χ0v) is 15.5. The molecule has 9 nitrogen and oxygen atoms in total. The molecule has 0 radical (unpaired) electrons. The van der Waals surface area contributed by atoms with Gasteiger partial charge in [0, 0.05) is 17.0 Å². The van der Waals surface area contributed by atoms with Gasteiger partial charge < -0.3 is 14.8 Å². The number of ether oxygens (including phenoxy) is 2. The molecule has 2 aromatic heterocycles. The number of thiophene rings is 1. The highest BCUT2D eigenvalue weighted by Gasteiger charge is 2.25. The summed E-state index contributed by atoms with van der Waals surface area (Å²) >= 11 is 1.58. The molecule has 0 aliphatic heterocycles. The van der Waals surface area contributed by atoms with E-state index >= 15 is 0 Å². The fourth-order valence-electron chi connectivity index (χ4n) is 2.48. The second-order valence-corrected chi connectivity index (χ2v) is 6.80. The van der Waals surface area contributed by atoms with E-state index in [4.69, 9.17) is 9.47 Å². The van der Waals surface area contributed by atoms with Crippen molar-refractivity contribution in [3.63, 3.8) is 0 Å². The first-order valence-electron chi connectivity index (χ1n) is 7.77. The van der Waals surface area contributed by atoms with Crippen LogP contribution in [0.15, 0.2) is 30.3 Å². The second-order valence-electron chi connectivity index (χ2n) is 5.51. The van der Waals surface area contributed by atoms with Crippen LogP contribution >= 0.6 is 11.3 Å². The van der Waals surface area contributed by atoms with Crippen LogP contribution in [0.5, 0.6) is 11.5 Å². The first-order valence-corrected chi connectivity index (χ1v) is 8.58. The summed E-state index contributed by atoms with van der Waals surface area (Å²) in [4.78, 5) is 25.4. The lowest BCUT2D eigenvalue weighted by atomic mass is 10.1. The van der Waals surface area contributed by atoms with Gasteiger partial charge in [0.25, 0.3) is 11.6 Å². The number of methoxy groups -OCH3 is 2. The molecule has 1 amide bonds. The number of benzene rings is 1. The Morgan fingerprint density at radius 1 is 1.22 bits per heavy atom. The number of H-pyrrole nitrogens is 1. The van der Waals surface area contributed by atoms with E-state index in [1.54, 1.807) is 17.4 Å². The maximum absolute atomic E-state index is 12.6. The van der Waals surface area contributed by atoms with Gasteiger partial charge in [0.2, 0.25) is 0 Å². The van der Waals surface area contributed by atoms with Crippen LogP contribution in [0.25, 0.3) is 10.6 Å². The lowest BCUT2D eigenvalue weighted by Gasteiger charge is -2.10. The monoisotopic (exact) mass is 388 g/mol. The Labute approximate surface area is 158 Å². The third kappa shape index (κ3) is 3.75. The quantitative estimate of drug-likeness (QED) is 0.492. The molecule has 140 valence electrons. The van der Waals surface area contributed by atoms with Gasteiger partial charge in [-0.3, -0.25) is 20.0 Å². The van der Waals surface area contributed by atoms with Gasteiger partial charge in [-0.1, -0.05) is 0 Å². The summed E-state index contributed by atoms with van der Waals surface area (Å²) in [6.07, 6.45) is 0. The molecular weight excluding hydrogens is 372 g/mol. The molecule has 0 fully saturated rings. The zero-order chi connectivity index (χ0) is 19.6. The van der Waals surface area contributed by atoms with Crippen LogP contribution in [0.4, 0.5) is 11.5 Å². The molecule has 0 aliphatic rings. The van der Waals surface area contributed by atoms with E-state index in [2.05, 4.69) is 15.5 Å². The van der Waals surface area contributed by atoms with E-state index in [0.717, 1.165) is 21.5 Å². The number of nitrogens with one attached hydrogen (secondary N) is 2. The Morgan fingerprint density at radius 2 is 1.93 bits per heavy atom. The molecular formula is C17H16N4O5S. The van der Waals surface area contributed by atoms with Crippen LogP contribution in [0.3, 0.4) is 0 Å². The predicted molar refractivity (Wildman–Crippen MR) is 101 cm³/mol. The van der Waals surface area contributed by atoms with Crippen LogP contribution in [-0.2, 0) is 0 Å². The van der Waals surface area contributed by atoms with E-state index in [-0.39, 0.29) is 22.9 Å². The number of hydrogen-bond acceptors (Lipinski definition) is 7. The van der Waals surface area contributed by atoms with E-state index in [9.17, 15) is 14.9 Å². The number of hydrogen-bond donors (Lipinski definition) is 2. The number of aromatic amines is 1. The molecule has 0 unspecified atom stereocenters. The van der Waals surface area contributed by atoms with Crippen LogP contribution in [0.2, 0.25) is 0 Å². The van der Waals surface area contributed by atoms with Gasteiger partial charge in [0.15, 0.2) is 17.3 Å². The number of nitro groups is 1.